The van der Waals surface area contributed by atoms with E-state index in [9.17, 15) is 13.2 Å². The van der Waals surface area contributed by atoms with E-state index < -0.39 is 6.36 Å². The predicted molar refractivity (Wildman–Crippen MR) is 93.6 cm³/mol. The first-order valence-electron chi connectivity index (χ1n) is 8.17. The van der Waals surface area contributed by atoms with Gasteiger partial charge in [0.1, 0.15) is 11.4 Å². The summed E-state index contributed by atoms with van der Waals surface area (Å²) >= 11 is 0. The molecule has 0 aliphatic rings. The lowest BCUT2D eigenvalue weighted by Crippen LogP contribution is -2.17. The van der Waals surface area contributed by atoms with Gasteiger partial charge in [-0.15, -0.1) is 23.4 Å². The van der Waals surface area contributed by atoms with Crippen molar-refractivity contribution in [3.8, 4) is 34.1 Å². The number of aryl methyl sites for hydroxylation is 1. The molecule has 28 heavy (non-hydrogen) atoms. The molecule has 0 spiro atoms. The summed E-state index contributed by atoms with van der Waals surface area (Å²) in [6, 6.07) is 14.8. The van der Waals surface area contributed by atoms with Crippen LogP contribution in [-0.2, 0) is 0 Å². The van der Waals surface area contributed by atoms with Gasteiger partial charge < -0.3 is 4.74 Å². The maximum atomic E-state index is 12.7. The summed E-state index contributed by atoms with van der Waals surface area (Å²) in [7, 11) is 0. The number of halogens is 3. The van der Waals surface area contributed by atoms with Gasteiger partial charge in [-0.05, 0) is 42.0 Å². The van der Waals surface area contributed by atoms with Crippen LogP contribution in [0.15, 0.2) is 54.6 Å². The molecular formula is C18H13F3N6O. The van der Waals surface area contributed by atoms with Gasteiger partial charge in [0.2, 0.25) is 5.82 Å². The number of H-pyrrole nitrogens is 1. The van der Waals surface area contributed by atoms with Crippen LogP contribution >= 0.6 is 0 Å². The van der Waals surface area contributed by atoms with Gasteiger partial charge in [0.15, 0.2) is 0 Å². The number of tetrazole rings is 1. The third kappa shape index (κ3) is 3.56. The number of rotatable bonds is 4. The van der Waals surface area contributed by atoms with Crippen molar-refractivity contribution in [2.75, 3.05) is 0 Å². The summed E-state index contributed by atoms with van der Waals surface area (Å²) < 4.78 is 44.0. The number of hydrogen-bond donors (Lipinski definition) is 1. The molecular weight excluding hydrogens is 373 g/mol. The van der Waals surface area contributed by atoms with Gasteiger partial charge in [-0.25, -0.2) is 4.68 Å². The van der Waals surface area contributed by atoms with Crippen molar-refractivity contribution >= 4 is 0 Å². The van der Waals surface area contributed by atoms with Gasteiger partial charge >= 0.3 is 6.36 Å². The summed E-state index contributed by atoms with van der Waals surface area (Å²) in [4.78, 5) is 0. The Morgan fingerprint density at radius 3 is 2.61 bits per heavy atom. The fourth-order valence-corrected chi connectivity index (χ4v) is 2.84. The molecule has 4 aromatic rings. The SMILES string of the molecule is Cc1cc(-c2nn[nH]n2)nn1-c1cccc(-c2ccccc2OC(F)(F)F)c1. The van der Waals surface area contributed by atoms with Crippen molar-refractivity contribution in [3.05, 3.63) is 60.3 Å². The molecule has 2 aromatic carbocycles. The first kappa shape index (κ1) is 17.7. The molecule has 2 aromatic heterocycles. The molecule has 0 bridgehead atoms. The van der Waals surface area contributed by atoms with E-state index in [0.717, 1.165) is 5.69 Å². The standard InChI is InChI=1S/C18H13F3N6O/c1-11-9-15(17-22-25-26-23-17)24-27(11)13-6-4-5-12(10-13)14-7-2-3-8-16(14)28-18(19,20)21/h2-10H,1H3,(H,22,23,25,26). The summed E-state index contributed by atoms with van der Waals surface area (Å²) in [5.74, 6) is 0.0822. The third-order valence-corrected chi connectivity index (χ3v) is 3.98. The molecule has 0 radical (unpaired) electrons. The van der Waals surface area contributed by atoms with Crippen molar-refractivity contribution in [2.24, 2.45) is 0 Å². The van der Waals surface area contributed by atoms with Crippen molar-refractivity contribution in [2.45, 2.75) is 13.3 Å². The number of ether oxygens (including phenoxy) is 1. The van der Waals surface area contributed by atoms with Gasteiger partial charge in [0, 0.05) is 11.3 Å². The average Bonchev–Trinajstić information content (AvgIpc) is 3.30. The summed E-state index contributed by atoms with van der Waals surface area (Å²) in [5, 5.41) is 18.1. The van der Waals surface area contributed by atoms with E-state index in [2.05, 4.69) is 30.5 Å². The monoisotopic (exact) mass is 386 g/mol. The molecule has 0 amide bonds. The van der Waals surface area contributed by atoms with E-state index in [0.29, 0.717) is 28.3 Å². The van der Waals surface area contributed by atoms with Gasteiger partial charge in [-0.1, -0.05) is 30.3 Å². The van der Waals surface area contributed by atoms with Gasteiger partial charge in [-0.3, -0.25) is 0 Å². The molecule has 4 rings (SSSR count). The lowest BCUT2D eigenvalue weighted by Gasteiger charge is -2.14. The molecule has 2 heterocycles. The molecule has 0 unspecified atom stereocenters. The molecule has 0 aliphatic carbocycles. The number of hydrogen-bond acceptors (Lipinski definition) is 5. The number of alkyl halides is 3. The Hall–Kier alpha value is -3.69. The van der Waals surface area contributed by atoms with Crippen LogP contribution in [0.4, 0.5) is 13.2 Å². The fourth-order valence-electron chi connectivity index (χ4n) is 2.84. The van der Waals surface area contributed by atoms with Crippen LogP contribution in [-0.4, -0.2) is 36.8 Å². The minimum absolute atomic E-state index is 0.267. The fraction of sp³-hybridized carbons (Fsp3) is 0.111. The number of nitrogens with one attached hydrogen (secondary N) is 1. The minimum atomic E-state index is -4.77. The molecule has 0 atom stereocenters. The Labute approximate surface area is 156 Å². The van der Waals surface area contributed by atoms with Crippen LogP contribution < -0.4 is 4.74 Å². The van der Waals surface area contributed by atoms with Crippen molar-refractivity contribution in [1.29, 1.82) is 0 Å². The lowest BCUT2D eigenvalue weighted by atomic mass is 10.0. The highest BCUT2D eigenvalue weighted by atomic mass is 19.4. The van der Waals surface area contributed by atoms with Crippen molar-refractivity contribution in [1.82, 2.24) is 30.4 Å². The summed E-state index contributed by atoms with van der Waals surface area (Å²) in [6.07, 6.45) is -4.77. The predicted octanol–water partition coefficient (Wildman–Crippen LogP) is 3.93. The number of aromatic nitrogens is 6. The van der Waals surface area contributed by atoms with E-state index in [1.807, 2.05) is 6.92 Å². The Bertz CT molecular complexity index is 1100. The van der Waals surface area contributed by atoms with Crippen LogP contribution in [0.25, 0.3) is 28.3 Å². The summed E-state index contributed by atoms with van der Waals surface area (Å²) in [5.41, 5.74) is 2.89. The zero-order valence-electron chi connectivity index (χ0n) is 14.5. The van der Waals surface area contributed by atoms with E-state index in [1.54, 1.807) is 47.1 Å². The first-order chi connectivity index (χ1) is 13.4. The largest absolute Gasteiger partial charge is 0.573 e. The average molecular weight is 386 g/mol. The Balaban J connectivity index is 1.74. The van der Waals surface area contributed by atoms with Crippen molar-refractivity contribution in [3.63, 3.8) is 0 Å². The van der Waals surface area contributed by atoms with Gasteiger partial charge in [0.05, 0.1) is 5.69 Å². The second-order valence-electron chi connectivity index (χ2n) is 5.91. The highest BCUT2D eigenvalue weighted by molar-refractivity contribution is 5.72. The molecule has 0 aliphatic heterocycles. The molecule has 0 fully saturated rings. The summed E-state index contributed by atoms with van der Waals surface area (Å²) in [6.45, 7) is 1.85. The van der Waals surface area contributed by atoms with Crippen LogP contribution in [0, 0.1) is 6.92 Å². The third-order valence-electron chi connectivity index (χ3n) is 3.98. The zero-order valence-corrected chi connectivity index (χ0v) is 14.5. The molecule has 0 saturated heterocycles. The van der Waals surface area contributed by atoms with Crippen LogP contribution in [0.1, 0.15) is 5.69 Å². The number of para-hydroxylation sites is 1. The molecule has 10 heteroatoms. The highest BCUT2D eigenvalue weighted by Gasteiger charge is 2.32. The molecule has 7 nitrogen and oxygen atoms in total. The van der Waals surface area contributed by atoms with Gasteiger partial charge in [0.25, 0.3) is 0 Å². The number of benzene rings is 2. The zero-order chi connectivity index (χ0) is 19.7. The van der Waals surface area contributed by atoms with E-state index in [4.69, 9.17) is 0 Å². The molecule has 1 N–H and O–H groups in total. The highest BCUT2D eigenvalue weighted by Crippen LogP contribution is 2.34. The lowest BCUT2D eigenvalue weighted by molar-refractivity contribution is -0.274. The second-order valence-corrected chi connectivity index (χ2v) is 5.91. The van der Waals surface area contributed by atoms with E-state index in [1.165, 1.54) is 12.1 Å². The minimum Gasteiger partial charge on any atom is -0.405 e. The van der Waals surface area contributed by atoms with Crippen LogP contribution in [0.2, 0.25) is 0 Å². The normalized spacial score (nSPS) is 11.6. The number of aromatic amines is 1. The van der Waals surface area contributed by atoms with Crippen LogP contribution in [0.3, 0.4) is 0 Å². The Morgan fingerprint density at radius 2 is 1.86 bits per heavy atom. The van der Waals surface area contributed by atoms with Gasteiger partial charge in [-0.2, -0.15) is 10.3 Å². The molecule has 142 valence electrons. The maximum Gasteiger partial charge on any atom is 0.573 e. The Kier molecular flexibility index (Phi) is 4.30. The van der Waals surface area contributed by atoms with E-state index >= 15 is 0 Å². The van der Waals surface area contributed by atoms with E-state index in [-0.39, 0.29) is 5.75 Å². The topological polar surface area (TPSA) is 81.5 Å². The smallest absolute Gasteiger partial charge is 0.405 e. The first-order valence-corrected chi connectivity index (χ1v) is 8.17. The second kappa shape index (κ2) is 6.80. The maximum absolute atomic E-state index is 12.7. The van der Waals surface area contributed by atoms with Crippen molar-refractivity contribution < 1.29 is 17.9 Å². The Morgan fingerprint density at radius 1 is 1.04 bits per heavy atom. The quantitative estimate of drug-likeness (QED) is 0.575. The molecule has 0 saturated carbocycles. The van der Waals surface area contributed by atoms with Crippen LogP contribution in [0.5, 0.6) is 5.75 Å². The number of nitrogens with zero attached hydrogens (tertiary/aromatic N) is 5.